The molecule has 1 aliphatic heterocycles. The first kappa shape index (κ1) is 13.7. The van der Waals surface area contributed by atoms with Crippen molar-refractivity contribution in [3.05, 3.63) is 29.4 Å². The van der Waals surface area contributed by atoms with E-state index >= 15 is 0 Å². The van der Waals surface area contributed by atoms with Crippen molar-refractivity contribution < 1.29 is 9.84 Å². The number of fused-ring (bicyclic) bond motifs is 1. The highest BCUT2D eigenvalue weighted by Crippen LogP contribution is 2.43. The van der Waals surface area contributed by atoms with Crippen molar-refractivity contribution in [2.45, 2.75) is 58.3 Å². The molecule has 2 unspecified atom stereocenters. The van der Waals surface area contributed by atoms with Crippen LogP contribution in [0, 0.1) is 12.8 Å². The van der Waals surface area contributed by atoms with Gasteiger partial charge in [0.25, 0.3) is 0 Å². The van der Waals surface area contributed by atoms with E-state index in [0.29, 0.717) is 0 Å². The number of hydrogen-bond donors (Lipinski definition) is 1. The Balaban J connectivity index is 1.97. The number of aromatic nitrogens is 2. The Kier molecular flexibility index (Phi) is 3.38. The second-order valence-corrected chi connectivity index (χ2v) is 5.99. The third-order valence-corrected chi connectivity index (χ3v) is 4.76. The lowest BCUT2D eigenvalue weighted by molar-refractivity contribution is 0.000874. The minimum atomic E-state index is -0.435. The summed E-state index contributed by atoms with van der Waals surface area (Å²) in [4.78, 5) is 8.72. The van der Waals surface area contributed by atoms with Crippen molar-refractivity contribution in [2.75, 3.05) is 0 Å². The van der Waals surface area contributed by atoms with Crippen LogP contribution in [-0.2, 0) is 4.74 Å². The molecule has 0 radical (unpaired) electrons. The fraction of sp³-hybridized carbons (Fsp3) is 0.625. The molecule has 0 aromatic carbocycles. The van der Waals surface area contributed by atoms with Gasteiger partial charge in [-0.05, 0) is 25.8 Å². The van der Waals surface area contributed by atoms with Crippen molar-refractivity contribution in [2.24, 2.45) is 5.92 Å². The summed E-state index contributed by atoms with van der Waals surface area (Å²) in [6.07, 6.45) is 4.21. The van der Waals surface area contributed by atoms with E-state index in [9.17, 15) is 5.11 Å². The molecule has 5 atom stereocenters. The second-order valence-electron chi connectivity index (χ2n) is 5.99. The predicted molar refractivity (Wildman–Crippen MR) is 77.3 cm³/mol. The van der Waals surface area contributed by atoms with Crippen molar-refractivity contribution in [3.63, 3.8) is 0 Å². The predicted octanol–water partition coefficient (Wildman–Crippen LogP) is 2.46. The quantitative estimate of drug-likeness (QED) is 0.900. The largest absolute Gasteiger partial charge is 0.390 e. The highest BCUT2D eigenvalue weighted by atomic mass is 16.5. The molecule has 0 saturated carbocycles. The molecule has 2 aliphatic rings. The summed E-state index contributed by atoms with van der Waals surface area (Å²) in [6.45, 7) is 8.25. The third kappa shape index (κ3) is 1.90. The normalized spacial score (nSPS) is 36.0. The summed E-state index contributed by atoms with van der Waals surface area (Å²) in [5.41, 5.74) is 4.31. The average molecular weight is 274 g/mol. The molecule has 108 valence electrons. The van der Waals surface area contributed by atoms with Gasteiger partial charge in [-0.15, -0.1) is 0 Å². The number of hydrogen-bond acceptors (Lipinski definition) is 4. The molecule has 1 aliphatic carbocycles. The molecule has 0 amide bonds. The molecule has 3 rings (SSSR count). The average Bonchev–Trinajstić information content (AvgIpc) is 2.90. The van der Waals surface area contributed by atoms with Crippen LogP contribution in [0.5, 0.6) is 0 Å². The van der Waals surface area contributed by atoms with Crippen LogP contribution in [0.1, 0.15) is 50.1 Å². The van der Waals surface area contributed by atoms with Crippen molar-refractivity contribution in [1.82, 2.24) is 9.97 Å². The van der Waals surface area contributed by atoms with Gasteiger partial charge in [0.2, 0.25) is 0 Å². The molecule has 4 nitrogen and oxygen atoms in total. The SMILES string of the molecule is CC[C@H]1O[C@H](C2C=C(C)c3c(C)ncnc32)C(O)[C@@H]1C. The molecule has 0 spiro atoms. The summed E-state index contributed by atoms with van der Waals surface area (Å²) in [5, 5.41) is 10.5. The molecule has 2 heterocycles. The number of aryl methyl sites for hydroxylation is 1. The first-order chi connectivity index (χ1) is 9.54. The minimum absolute atomic E-state index is 0.0423. The maximum absolute atomic E-state index is 10.5. The maximum atomic E-state index is 10.5. The number of aliphatic hydroxyl groups excluding tert-OH is 1. The standard InChI is InChI=1S/C16H22N2O2/c1-5-12-9(3)15(19)16(20-12)11-6-8(2)13-10(4)17-7-18-14(11)13/h6-7,9,11-12,15-16,19H,5H2,1-4H3/t9-,11?,12-,15?,16-/m1/s1. The number of nitrogens with zero attached hydrogens (tertiary/aromatic N) is 2. The highest BCUT2D eigenvalue weighted by Gasteiger charge is 2.45. The van der Waals surface area contributed by atoms with E-state index in [0.717, 1.165) is 23.4 Å². The smallest absolute Gasteiger partial charge is 0.115 e. The molecule has 1 aromatic heterocycles. The van der Waals surface area contributed by atoms with Gasteiger partial charge >= 0.3 is 0 Å². The highest BCUT2D eigenvalue weighted by molar-refractivity contribution is 5.73. The van der Waals surface area contributed by atoms with Gasteiger partial charge in [0.1, 0.15) is 6.33 Å². The Morgan fingerprint density at radius 2 is 2.05 bits per heavy atom. The van der Waals surface area contributed by atoms with Gasteiger partial charge in [-0.2, -0.15) is 0 Å². The van der Waals surface area contributed by atoms with E-state index in [1.807, 2.05) is 6.92 Å². The lowest BCUT2D eigenvalue weighted by atomic mass is 9.90. The molecule has 1 saturated heterocycles. The third-order valence-electron chi connectivity index (χ3n) is 4.76. The molecule has 1 N–H and O–H groups in total. The minimum Gasteiger partial charge on any atom is -0.390 e. The van der Waals surface area contributed by atoms with Crippen LogP contribution < -0.4 is 0 Å². The summed E-state index contributed by atoms with van der Waals surface area (Å²) in [6, 6.07) is 0. The van der Waals surface area contributed by atoms with E-state index in [4.69, 9.17) is 4.74 Å². The molecular formula is C16H22N2O2. The van der Waals surface area contributed by atoms with Crippen molar-refractivity contribution in [3.8, 4) is 0 Å². The Morgan fingerprint density at radius 3 is 2.70 bits per heavy atom. The monoisotopic (exact) mass is 274 g/mol. The summed E-state index contributed by atoms with van der Waals surface area (Å²) < 4.78 is 6.11. The lowest BCUT2D eigenvalue weighted by Crippen LogP contribution is -2.30. The molecule has 20 heavy (non-hydrogen) atoms. The van der Waals surface area contributed by atoms with Gasteiger partial charge in [0.15, 0.2) is 0 Å². The van der Waals surface area contributed by atoms with Gasteiger partial charge in [0, 0.05) is 23.1 Å². The fourth-order valence-electron chi connectivity index (χ4n) is 3.60. The first-order valence-electron chi connectivity index (χ1n) is 7.38. The van der Waals surface area contributed by atoms with Gasteiger partial charge in [-0.3, -0.25) is 0 Å². The summed E-state index contributed by atoms with van der Waals surface area (Å²) >= 11 is 0. The zero-order chi connectivity index (χ0) is 14.4. The zero-order valence-corrected chi connectivity index (χ0v) is 12.5. The Bertz CT molecular complexity index is 555. The van der Waals surface area contributed by atoms with Crippen LogP contribution in [0.4, 0.5) is 0 Å². The molecule has 4 heteroatoms. The number of aliphatic hydroxyl groups is 1. The molecular weight excluding hydrogens is 252 g/mol. The van der Waals surface area contributed by atoms with Crippen molar-refractivity contribution >= 4 is 5.57 Å². The Hall–Kier alpha value is -1.26. The van der Waals surface area contributed by atoms with Gasteiger partial charge in [-0.25, -0.2) is 9.97 Å². The first-order valence-corrected chi connectivity index (χ1v) is 7.38. The van der Waals surface area contributed by atoms with Crippen LogP contribution in [0.3, 0.4) is 0 Å². The summed E-state index contributed by atoms with van der Waals surface area (Å²) in [5.74, 6) is 0.214. The van der Waals surface area contributed by atoms with E-state index in [1.165, 1.54) is 5.57 Å². The van der Waals surface area contributed by atoms with Crippen LogP contribution in [-0.4, -0.2) is 33.4 Å². The van der Waals surface area contributed by atoms with Crippen LogP contribution in [0.2, 0.25) is 0 Å². The zero-order valence-electron chi connectivity index (χ0n) is 12.5. The number of ether oxygens (including phenoxy) is 1. The van der Waals surface area contributed by atoms with Gasteiger partial charge < -0.3 is 9.84 Å². The Labute approximate surface area is 119 Å². The van der Waals surface area contributed by atoms with Crippen LogP contribution in [0.15, 0.2) is 12.4 Å². The van der Waals surface area contributed by atoms with E-state index in [-0.39, 0.29) is 24.0 Å². The van der Waals surface area contributed by atoms with Crippen molar-refractivity contribution in [1.29, 1.82) is 0 Å². The van der Waals surface area contributed by atoms with E-state index in [1.54, 1.807) is 6.33 Å². The Morgan fingerprint density at radius 1 is 1.30 bits per heavy atom. The van der Waals surface area contributed by atoms with E-state index in [2.05, 4.69) is 36.8 Å². The number of rotatable bonds is 2. The molecule has 1 aromatic rings. The lowest BCUT2D eigenvalue weighted by Gasteiger charge is -2.21. The van der Waals surface area contributed by atoms with E-state index < -0.39 is 6.10 Å². The maximum Gasteiger partial charge on any atom is 0.115 e. The van der Waals surface area contributed by atoms with Crippen LogP contribution >= 0.6 is 0 Å². The molecule has 0 bridgehead atoms. The van der Waals surface area contributed by atoms with Gasteiger partial charge in [-0.1, -0.05) is 19.9 Å². The fourth-order valence-corrected chi connectivity index (χ4v) is 3.60. The number of allylic oxidation sites excluding steroid dienone is 1. The molecule has 1 fully saturated rings. The van der Waals surface area contributed by atoms with Gasteiger partial charge in [0.05, 0.1) is 24.0 Å². The topological polar surface area (TPSA) is 55.2 Å². The van der Waals surface area contributed by atoms with Crippen LogP contribution in [0.25, 0.3) is 5.57 Å². The summed E-state index contributed by atoms with van der Waals surface area (Å²) in [7, 11) is 0. The second kappa shape index (κ2) is 4.93.